The fourth-order valence-corrected chi connectivity index (χ4v) is 2.98. The highest BCUT2D eigenvalue weighted by Gasteiger charge is 2.46. The molecular formula is C11H21NO5S. The first-order valence-corrected chi connectivity index (χ1v) is 7.42. The van der Waals surface area contributed by atoms with Gasteiger partial charge in [0.2, 0.25) is 0 Å². The molecule has 6 nitrogen and oxygen atoms in total. The molecule has 0 aromatic carbocycles. The molecule has 0 aromatic heterocycles. The summed E-state index contributed by atoms with van der Waals surface area (Å²) in [7, 11) is 0. The molecule has 0 spiro atoms. The number of thioether (sulfide) groups is 1. The zero-order chi connectivity index (χ0) is 13.0. The van der Waals surface area contributed by atoms with Crippen LogP contribution in [0.4, 0.5) is 0 Å². The van der Waals surface area contributed by atoms with Crippen LogP contribution in [0.25, 0.3) is 0 Å². The van der Waals surface area contributed by atoms with Crippen molar-refractivity contribution in [3.63, 3.8) is 0 Å². The van der Waals surface area contributed by atoms with Gasteiger partial charge in [-0.2, -0.15) is 11.8 Å². The van der Waals surface area contributed by atoms with Gasteiger partial charge < -0.3 is 30.2 Å². The molecule has 4 N–H and O–H groups in total. The number of aliphatic hydroxyl groups is 2. The third kappa shape index (κ3) is 3.36. The fraction of sp³-hybridized carbons (Fsp3) is 1.00. The van der Waals surface area contributed by atoms with E-state index in [-0.39, 0.29) is 6.10 Å². The van der Waals surface area contributed by atoms with E-state index in [2.05, 4.69) is 0 Å². The van der Waals surface area contributed by atoms with E-state index in [1.165, 1.54) is 0 Å². The van der Waals surface area contributed by atoms with Gasteiger partial charge in [0, 0.05) is 24.7 Å². The quantitative estimate of drug-likeness (QED) is 0.564. The van der Waals surface area contributed by atoms with Crippen LogP contribution in [0.5, 0.6) is 0 Å². The van der Waals surface area contributed by atoms with Crippen LogP contribution in [-0.2, 0) is 14.2 Å². The molecule has 7 heteroatoms. The molecule has 5 unspecified atom stereocenters. The van der Waals surface area contributed by atoms with Crippen LogP contribution < -0.4 is 5.73 Å². The topological polar surface area (TPSA) is 94.2 Å². The lowest BCUT2D eigenvalue weighted by Crippen LogP contribution is -2.59. The second-order valence-corrected chi connectivity index (χ2v) is 5.60. The van der Waals surface area contributed by atoms with Crippen LogP contribution in [0.1, 0.15) is 6.42 Å². The highest BCUT2D eigenvalue weighted by Crippen LogP contribution is 2.28. The number of rotatable bonds is 4. The van der Waals surface area contributed by atoms with Crippen molar-refractivity contribution in [2.75, 3.05) is 31.3 Å². The van der Waals surface area contributed by atoms with Crippen LogP contribution in [-0.4, -0.2) is 72.2 Å². The summed E-state index contributed by atoms with van der Waals surface area (Å²) in [5, 5.41) is 19.9. The molecule has 3 saturated heterocycles. The average Bonchev–Trinajstić information content (AvgIpc) is 2.50. The first kappa shape index (κ1) is 14.5. The van der Waals surface area contributed by atoms with Crippen molar-refractivity contribution in [2.24, 2.45) is 5.73 Å². The molecule has 2 bridgehead atoms. The maximum absolute atomic E-state index is 10.1. The van der Waals surface area contributed by atoms with Gasteiger partial charge in [0.15, 0.2) is 6.29 Å². The summed E-state index contributed by atoms with van der Waals surface area (Å²) in [5.41, 5.74) is 5.44. The third-order valence-corrected chi connectivity index (χ3v) is 4.15. The summed E-state index contributed by atoms with van der Waals surface area (Å²) in [6, 6.07) is 0. The molecule has 0 aromatic rings. The monoisotopic (exact) mass is 279 g/mol. The molecule has 3 heterocycles. The molecule has 0 saturated carbocycles. The predicted octanol–water partition coefficient (Wildman–Crippen LogP) is -1.07. The Labute approximate surface area is 111 Å². The van der Waals surface area contributed by atoms with Crippen molar-refractivity contribution in [3.8, 4) is 0 Å². The van der Waals surface area contributed by atoms with Crippen LogP contribution in [0, 0.1) is 0 Å². The van der Waals surface area contributed by atoms with E-state index in [1.54, 1.807) is 11.8 Å². The van der Waals surface area contributed by atoms with Gasteiger partial charge in [-0.05, 0) is 6.42 Å². The molecular weight excluding hydrogens is 258 g/mol. The molecule has 3 aliphatic rings. The predicted molar refractivity (Wildman–Crippen MR) is 67.4 cm³/mol. The first-order chi connectivity index (χ1) is 8.74. The van der Waals surface area contributed by atoms with Gasteiger partial charge in [0.1, 0.15) is 18.3 Å². The Morgan fingerprint density at radius 3 is 2.72 bits per heavy atom. The summed E-state index contributed by atoms with van der Waals surface area (Å²) < 4.78 is 16.7. The van der Waals surface area contributed by atoms with Gasteiger partial charge in [-0.25, -0.2) is 0 Å². The zero-order valence-electron chi connectivity index (χ0n) is 10.2. The van der Waals surface area contributed by atoms with Gasteiger partial charge in [0.05, 0.1) is 12.7 Å². The maximum atomic E-state index is 10.1. The van der Waals surface area contributed by atoms with E-state index in [1.807, 2.05) is 0 Å². The smallest absolute Gasteiger partial charge is 0.186 e. The Morgan fingerprint density at radius 2 is 1.94 bits per heavy atom. The average molecular weight is 279 g/mol. The molecule has 0 aliphatic carbocycles. The van der Waals surface area contributed by atoms with E-state index in [4.69, 9.17) is 19.9 Å². The van der Waals surface area contributed by atoms with Gasteiger partial charge in [0.25, 0.3) is 0 Å². The largest absolute Gasteiger partial charge is 0.387 e. The second-order valence-electron chi connectivity index (χ2n) is 4.45. The zero-order valence-corrected chi connectivity index (χ0v) is 11.1. The van der Waals surface area contributed by atoms with Gasteiger partial charge in [-0.15, -0.1) is 0 Å². The molecule has 3 rings (SSSR count). The molecule has 0 radical (unpaired) electrons. The molecule has 106 valence electrons. The highest BCUT2D eigenvalue weighted by molar-refractivity contribution is 7.99. The van der Waals surface area contributed by atoms with Crippen LogP contribution in [0.15, 0.2) is 0 Å². The first-order valence-electron chi connectivity index (χ1n) is 6.26. The number of aliphatic hydroxyl groups excluding tert-OH is 2. The van der Waals surface area contributed by atoms with Crippen molar-refractivity contribution >= 4 is 11.8 Å². The summed E-state index contributed by atoms with van der Waals surface area (Å²) in [6.45, 7) is 1.57. The summed E-state index contributed by atoms with van der Waals surface area (Å²) in [5.74, 6) is 1.50. The van der Waals surface area contributed by atoms with E-state index in [9.17, 15) is 10.2 Å². The molecule has 5 atom stereocenters. The summed E-state index contributed by atoms with van der Waals surface area (Å²) in [4.78, 5) is 0. The van der Waals surface area contributed by atoms with Gasteiger partial charge >= 0.3 is 0 Å². The van der Waals surface area contributed by atoms with Gasteiger partial charge in [-0.3, -0.25) is 0 Å². The van der Waals surface area contributed by atoms with Crippen molar-refractivity contribution in [1.29, 1.82) is 0 Å². The minimum absolute atomic E-state index is 0.275. The Balaban J connectivity index is 2.01. The minimum atomic E-state index is -1.05. The van der Waals surface area contributed by atoms with Crippen molar-refractivity contribution < 1.29 is 24.4 Å². The number of nitrogens with two attached hydrogens (primary N) is 1. The number of ether oxygens (including phenoxy) is 3. The number of fused-ring (bicyclic) bond motifs is 6. The maximum Gasteiger partial charge on any atom is 0.186 e. The normalized spacial score (nSPS) is 41.2. The van der Waals surface area contributed by atoms with E-state index >= 15 is 0 Å². The third-order valence-electron chi connectivity index (χ3n) is 3.07. The summed E-state index contributed by atoms with van der Waals surface area (Å²) in [6.07, 6.45) is -2.82. The lowest BCUT2D eigenvalue weighted by atomic mass is 10.00. The Hall–Kier alpha value is 0.110. The van der Waals surface area contributed by atoms with Crippen molar-refractivity contribution in [3.05, 3.63) is 0 Å². The van der Waals surface area contributed by atoms with Crippen molar-refractivity contribution in [2.45, 2.75) is 37.1 Å². The Morgan fingerprint density at radius 1 is 1.17 bits per heavy atom. The second kappa shape index (κ2) is 7.04. The lowest BCUT2D eigenvalue weighted by Gasteiger charge is -2.41. The standard InChI is InChI=1S/C11H21NO5S/c12-2-5-18-6-7-10-8(13)9(14)11(17-7)16-4-1-3-15-10/h7-11,13-14H,1-6,12H2. The summed E-state index contributed by atoms with van der Waals surface area (Å²) >= 11 is 1.65. The number of hydrogen-bond donors (Lipinski definition) is 3. The molecule has 18 heavy (non-hydrogen) atoms. The fourth-order valence-electron chi connectivity index (χ4n) is 2.14. The Bertz CT molecular complexity index is 256. The van der Waals surface area contributed by atoms with Crippen molar-refractivity contribution in [1.82, 2.24) is 0 Å². The molecule has 0 amide bonds. The Kier molecular flexibility index (Phi) is 5.68. The van der Waals surface area contributed by atoms with Crippen LogP contribution in [0.3, 0.4) is 0 Å². The van der Waals surface area contributed by atoms with Crippen LogP contribution >= 0.6 is 11.8 Å². The molecule has 3 fully saturated rings. The van der Waals surface area contributed by atoms with E-state index in [0.29, 0.717) is 25.5 Å². The van der Waals surface area contributed by atoms with E-state index < -0.39 is 24.6 Å². The lowest BCUT2D eigenvalue weighted by molar-refractivity contribution is -0.289. The molecule has 3 aliphatic heterocycles. The van der Waals surface area contributed by atoms with Crippen LogP contribution in [0.2, 0.25) is 0 Å². The van der Waals surface area contributed by atoms with E-state index in [0.717, 1.165) is 12.2 Å². The number of hydrogen-bond acceptors (Lipinski definition) is 7. The van der Waals surface area contributed by atoms with Gasteiger partial charge in [-0.1, -0.05) is 0 Å². The highest BCUT2D eigenvalue weighted by atomic mass is 32.2. The SMILES string of the molecule is NCCSCC1OC2OCCCOC1C(O)C2O. The minimum Gasteiger partial charge on any atom is -0.387 e.